The van der Waals surface area contributed by atoms with Crippen molar-refractivity contribution in [2.75, 3.05) is 4.90 Å². The molecule has 0 amide bonds. The predicted octanol–water partition coefficient (Wildman–Crippen LogP) is 9.51. The molecule has 5 rings (SSSR count). The molecule has 1 aromatic heterocycles. The van der Waals surface area contributed by atoms with Crippen LogP contribution < -0.4 is 4.90 Å². The van der Waals surface area contributed by atoms with E-state index in [1.165, 1.54) is 33.5 Å². The molecule has 0 radical (unpaired) electrons. The summed E-state index contributed by atoms with van der Waals surface area (Å²) in [5, 5.41) is 1.17. The summed E-state index contributed by atoms with van der Waals surface area (Å²) in [7, 11) is 0. The number of benzene rings is 3. The molecule has 1 aliphatic heterocycles. The van der Waals surface area contributed by atoms with Crippen molar-refractivity contribution in [1.82, 2.24) is 4.98 Å². The lowest BCUT2D eigenvalue weighted by Crippen LogP contribution is -2.28. The highest BCUT2D eigenvalue weighted by Crippen LogP contribution is 2.35. The van der Waals surface area contributed by atoms with Crippen molar-refractivity contribution in [2.24, 2.45) is 0 Å². The van der Waals surface area contributed by atoms with Crippen LogP contribution >= 0.6 is 0 Å². The average molecular weight is 459 g/mol. The average Bonchev–Trinajstić information content (AvgIpc) is 3.30. The van der Waals surface area contributed by atoms with E-state index >= 15 is 0 Å². The van der Waals surface area contributed by atoms with Crippen molar-refractivity contribution in [3.8, 4) is 0 Å². The number of aromatic amines is 1. The molecule has 0 saturated heterocycles. The topological polar surface area (TPSA) is 19.0 Å². The first-order valence-electron chi connectivity index (χ1n) is 12.4. The molecule has 2 heterocycles. The number of H-pyrrole nitrogens is 1. The van der Waals surface area contributed by atoms with E-state index < -0.39 is 0 Å². The van der Waals surface area contributed by atoms with Crippen LogP contribution in [0.2, 0.25) is 0 Å². The van der Waals surface area contributed by atoms with Crippen molar-refractivity contribution < 1.29 is 0 Å². The van der Waals surface area contributed by atoms with Gasteiger partial charge in [0.1, 0.15) is 0 Å². The van der Waals surface area contributed by atoms with Crippen LogP contribution in [0.1, 0.15) is 49.6 Å². The molecule has 0 fully saturated rings. The molecular weight excluding hydrogens is 424 g/mol. The number of nitrogens with one attached hydrogen (secondary N) is 1. The Balaban J connectivity index is 0.00000141. The number of allylic oxidation sites excluding steroid dienone is 2. The van der Waals surface area contributed by atoms with Crippen LogP contribution in [-0.4, -0.2) is 11.0 Å². The van der Waals surface area contributed by atoms with Gasteiger partial charge in [0, 0.05) is 39.6 Å². The number of aromatic nitrogens is 1. The molecule has 3 aromatic carbocycles. The molecule has 0 saturated carbocycles. The maximum atomic E-state index is 4.01. The Morgan fingerprint density at radius 3 is 2.37 bits per heavy atom. The van der Waals surface area contributed by atoms with Gasteiger partial charge < -0.3 is 9.88 Å². The summed E-state index contributed by atoms with van der Waals surface area (Å²) in [5.74, 6) is 0. The van der Waals surface area contributed by atoms with E-state index in [2.05, 4.69) is 121 Å². The van der Waals surface area contributed by atoms with E-state index in [4.69, 9.17) is 0 Å². The van der Waals surface area contributed by atoms with Gasteiger partial charge in [-0.05, 0) is 66.5 Å². The highest BCUT2D eigenvalue weighted by atomic mass is 15.2. The second kappa shape index (κ2) is 10.9. The summed E-state index contributed by atoms with van der Waals surface area (Å²) in [5.41, 5.74) is 9.30. The molecule has 2 heteroatoms. The van der Waals surface area contributed by atoms with Crippen molar-refractivity contribution in [1.29, 1.82) is 0 Å². The minimum absolute atomic E-state index is 0.301. The molecule has 35 heavy (non-hydrogen) atoms. The van der Waals surface area contributed by atoms with E-state index in [-0.39, 0.29) is 0 Å². The standard InChI is InChI=1S/C31H28N2.C2H6/c1-4-27-28-21-25(19-20-30(28)32-29(27)5-2)23-16-15-22(3)33(26-12-7-6-8-13-26)31-14-10-9-11-24(31)18-17-23;1-2/h4-14,16-22,32H,1-2,15H2,3H3;1-2H3/b18-17+,23-16+;. The lowest BCUT2D eigenvalue weighted by molar-refractivity contribution is 0.725. The van der Waals surface area contributed by atoms with Crippen molar-refractivity contribution >= 4 is 46.1 Å². The van der Waals surface area contributed by atoms with E-state index in [9.17, 15) is 0 Å². The third-order valence-electron chi connectivity index (χ3n) is 6.40. The van der Waals surface area contributed by atoms with Gasteiger partial charge in [-0.25, -0.2) is 0 Å². The summed E-state index contributed by atoms with van der Waals surface area (Å²) in [4.78, 5) is 5.88. The molecular formula is C33H34N2. The fraction of sp³-hybridized carbons (Fsp3) is 0.152. The fourth-order valence-electron chi connectivity index (χ4n) is 4.73. The monoisotopic (exact) mass is 458 g/mol. The number of para-hydroxylation sites is 2. The van der Waals surface area contributed by atoms with E-state index in [0.717, 1.165) is 23.2 Å². The Morgan fingerprint density at radius 1 is 0.886 bits per heavy atom. The van der Waals surface area contributed by atoms with Gasteiger partial charge >= 0.3 is 0 Å². The first kappa shape index (κ1) is 24.1. The minimum atomic E-state index is 0.301. The SMILES string of the molecule is C=Cc1[nH]c2ccc(C3=C/CC(C)N(c4ccccc4)c4ccccc4\C=C\3)cc2c1C=C.CC. The number of hydrogen-bond donors (Lipinski definition) is 1. The quantitative estimate of drug-likeness (QED) is 0.322. The number of rotatable bonds is 4. The van der Waals surface area contributed by atoms with Gasteiger partial charge in [-0.15, -0.1) is 0 Å². The first-order chi connectivity index (χ1) is 17.2. The molecule has 1 unspecified atom stereocenters. The molecule has 2 nitrogen and oxygen atoms in total. The third-order valence-corrected chi connectivity index (χ3v) is 6.40. The van der Waals surface area contributed by atoms with Gasteiger partial charge in [0.05, 0.1) is 0 Å². The summed E-state index contributed by atoms with van der Waals surface area (Å²) < 4.78 is 0. The summed E-state index contributed by atoms with van der Waals surface area (Å²) in [6, 6.07) is 26.2. The zero-order valence-electron chi connectivity index (χ0n) is 21.0. The van der Waals surface area contributed by atoms with Crippen LogP contribution in [-0.2, 0) is 0 Å². The van der Waals surface area contributed by atoms with Crippen molar-refractivity contribution in [3.05, 3.63) is 120 Å². The number of hydrogen-bond acceptors (Lipinski definition) is 1. The molecule has 4 aromatic rings. The zero-order chi connectivity index (χ0) is 24.8. The van der Waals surface area contributed by atoms with Gasteiger partial charge in [0.15, 0.2) is 0 Å². The third kappa shape index (κ3) is 4.79. The lowest BCUT2D eigenvalue weighted by Gasteiger charge is -2.32. The number of fused-ring (bicyclic) bond motifs is 2. The summed E-state index contributed by atoms with van der Waals surface area (Å²) >= 11 is 0. The van der Waals surface area contributed by atoms with Gasteiger partial charge in [-0.3, -0.25) is 0 Å². The normalized spacial score (nSPS) is 17.5. The molecule has 0 aliphatic carbocycles. The highest BCUT2D eigenvalue weighted by Gasteiger charge is 2.19. The van der Waals surface area contributed by atoms with Gasteiger partial charge in [0.25, 0.3) is 0 Å². The highest BCUT2D eigenvalue weighted by molar-refractivity contribution is 5.96. The minimum Gasteiger partial charge on any atom is -0.355 e. The second-order valence-electron chi connectivity index (χ2n) is 8.46. The number of nitrogens with zero attached hydrogens (tertiary/aromatic N) is 1. The Labute approximate surface area is 209 Å². The fourth-order valence-corrected chi connectivity index (χ4v) is 4.73. The van der Waals surface area contributed by atoms with Gasteiger partial charge in [-0.1, -0.05) is 93.8 Å². The predicted molar refractivity (Wildman–Crippen MR) is 156 cm³/mol. The molecule has 1 aliphatic rings. The van der Waals surface area contributed by atoms with Crippen molar-refractivity contribution in [3.63, 3.8) is 0 Å². The molecule has 0 bridgehead atoms. The Morgan fingerprint density at radius 2 is 1.63 bits per heavy atom. The maximum Gasteiger partial charge on any atom is 0.0486 e. The largest absolute Gasteiger partial charge is 0.355 e. The van der Waals surface area contributed by atoms with Gasteiger partial charge in [0.2, 0.25) is 0 Å². The maximum absolute atomic E-state index is 4.01. The van der Waals surface area contributed by atoms with Crippen LogP contribution in [0.5, 0.6) is 0 Å². The van der Waals surface area contributed by atoms with Crippen LogP contribution in [0.3, 0.4) is 0 Å². The van der Waals surface area contributed by atoms with E-state index in [0.29, 0.717) is 6.04 Å². The molecule has 1 N–H and O–H groups in total. The second-order valence-corrected chi connectivity index (χ2v) is 8.46. The molecule has 1 atom stereocenters. The lowest BCUT2D eigenvalue weighted by atomic mass is 9.99. The zero-order valence-corrected chi connectivity index (χ0v) is 21.0. The van der Waals surface area contributed by atoms with E-state index in [1.54, 1.807) is 0 Å². The number of anilines is 2. The van der Waals surface area contributed by atoms with Crippen LogP contribution in [0.25, 0.3) is 34.7 Å². The van der Waals surface area contributed by atoms with Crippen LogP contribution in [0.15, 0.2) is 98.1 Å². The van der Waals surface area contributed by atoms with E-state index in [1.807, 2.05) is 26.0 Å². The molecule has 0 spiro atoms. The Hall–Kier alpha value is -4.04. The smallest absolute Gasteiger partial charge is 0.0486 e. The van der Waals surface area contributed by atoms with Crippen LogP contribution in [0.4, 0.5) is 11.4 Å². The summed E-state index contributed by atoms with van der Waals surface area (Å²) in [6.07, 6.45) is 11.5. The molecule has 176 valence electrons. The Kier molecular flexibility index (Phi) is 7.52. The van der Waals surface area contributed by atoms with Crippen molar-refractivity contribution in [2.45, 2.75) is 33.2 Å². The van der Waals surface area contributed by atoms with Crippen LogP contribution in [0, 0.1) is 0 Å². The van der Waals surface area contributed by atoms with Gasteiger partial charge in [-0.2, -0.15) is 0 Å². The summed E-state index contributed by atoms with van der Waals surface area (Å²) in [6.45, 7) is 14.2. The first-order valence-corrected chi connectivity index (χ1v) is 12.4. The Bertz CT molecular complexity index is 1390.